The van der Waals surface area contributed by atoms with Gasteiger partial charge in [0.15, 0.2) is 11.6 Å². The zero-order chi connectivity index (χ0) is 11.5. The van der Waals surface area contributed by atoms with Crippen LogP contribution in [0, 0.1) is 5.82 Å². The predicted molar refractivity (Wildman–Crippen MR) is 63.8 cm³/mol. The van der Waals surface area contributed by atoms with Crippen LogP contribution in [0.3, 0.4) is 0 Å². The number of hydrogen-bond donors (Lipinski definition) is 0. The van der Waals surface area contributed by atoms with Crippen LogP contribution in [-0.2, 0) is 0 Å². The highest BCUT2D eigenvalue weighted by Gasteiger charge is 2.22. The van der Waals surface area contributed by atoms with Crippen molar-refractivity contribution in [1.82, 2.24) is 0 Å². The molecule has 0 aliphatic heterocycles. The third kappa shape index (κ3) is 2.49. The SMILES string of the molecule is COc1ccc(C2CCCC(Cl)C2)cc1F. The second-order valence-corrected chi connectivity index (χ2v) is 4.97. The lowest BCUT2D eigenvalue weighted by molar-refractivity contribution is 0.384. The van der Waals surface area contributed by atoms with Gasteiger partial charge in [0.1, 0.15) is 0 Å². The summed E-state index contributed by atoms with van der Waals surface area (Å²) in [6.07, 6.45) is 4.27. The van der Waals surface area contributed by atoms with Gasteiger partial charge in [-0.3, -0.25) is 0 Å². The van der Waals surface area contributed by atoms with Gasteiger partial charge in [0, 0.05) is 5.38 Å². The molecule has 1 aromatic carbocycles. The molecule has 0 radical (unpaired) electrons. The molecular weight excluding hydrogens is 227 g/mol. The van der Waals surface area contributed by atoms with Gasteiger partial charge in [0.2, 0.25) is 0 Å². The number of rotatable bonds is 2. The van der Waals surface area contributed by atoms with E-state index in [1.165, 1.54) is 7.11 Å². The van der Waals surface area contributed by atoms with Crippen molar-refractivity contribution in [2.24, 2.45) is 0 Å². The fourth-order valence-electron chi connectivity index (χ4n) is 2.37. The molecule has 0 amide bonds. The summed E-state index contributed by atoms with van der Waals surface area (Å²) in [5.74, 6) is 0.426. The minimum Gasteiger partial charge on any atom is -0.494 e. The quantitative estimate of drug-likeness (QED) is 0.710. The van der Waals surface area contributed by atoms with E-state index in [0.717, 1.165) is 31.2 Å². The summed E-state index contributed by atoms with van der Waals surface area (Å²) in [5, 5.41) is 0.240. The number of hydrogen-bond acceptors (Lipinski definition) is 1. The normalized spacial score (nSPS) is 25.4. The first-order chi connectivity index (χ1) is 7.70. The minimum absolute atomic E-state index is 0.240. The Kier molecular flexibility index (Phi) is 3.70. The Hall–Kier alpha value is -0.760. The van der Waals surface area contributed by atoms with Crippen molar-refractivity contribution >= 4 is 11.6 Å². The van der Waals surface area contributed by atoms with Gasteiger partial charge >= 0.3 is 0 Å². The first-order valence-electron chi connectivity index (χ1n) is 5.68. The molecule has 16 heavy (non-hydrogen) atoms. The molecule has 2 unspecified atom stereocenters. The van der Waals surface area contributed by atoms with Gasteiger partial charge in [-0.1, -0.05) is 12.5 Å². The second-order valence-electron chi connectivity index (χ2n) is 4.35. The predicted octanol–water partition coefficient (Wildman–Crippen LogP) is 4.10. The van der Waals surface area contributed by atoms with E-state index in [-0.39, 0.29) is 11.2 Å². The molecule has 88 valence electrons. The molecule has 0 N–H and O–H groups in total. The smallest absolute Gasteiger partial charge is 0.165 e. The molecule has 1 aliphatic carbocycles. The number of alkyl halides is 1. The monoisotopic (exact) mass is 242 g/mol. The summed E-state index contributed by atoms with van der Waals surface area (Å²) in [7, 11) is 1.48. The highest BCUT2D eigenvalue weighted by Crippen LogP contribution is 2.36. The lowest BCUT2D eigenvalue weighted by Gasteiger charge is -2.25. The van der Waals surface area contributed by atoms with E-state index in [2.05, 4.69) is 0 Å². The van der Waals surface area contributed by atoms with Gasteiger partial charge in [0.05, 0.1) is 7.11 Å². The van der Waals surface area contributed by atoms with Crippen molar-refractivity contribution in [3.8, 4) is 5.75 Å². The standard InChI is InChI=1S/C13H16ClFO/c1-16-13-6-5-10(8-12(13)15)9-3-2-4-11(14)7-9/h5-6,8-9,11H,2-4,7H2,1H3. The van der Waals surface area contributed by atoms with E-state index in [1.807, 2.05) is 6.07 Å². The first kappa shape index (κ1) is 11.7. The third-order valence-corrected chi connectivity index (χ3v) is 3.65. The molecule has 2 atom stereocenters. The molecule has 1 saturated carbocycles. The Morgan fingerprint density at radius 3 is 2.81 bits per heavy atom. The maximum atomic E-state index is 13.5. The molecule has 0 saturated heterocycles. The van der Waals surface area contributed by atoms with Crippen molar-refractivity contribution in [1.29, 1.82) is 0 Å². The number of ether oxygens (including phenoxy) is 1. The molecule has 2 rings (SSSR count). The van der Waals surface area contributed by atoms with Gasteiger partial charge in [-0.15, -0.1) is 11.6 Å². The van der Waals surface area contributed by atoms with E-state index in [9.17, 15) is 4.39 Å². The fraction of sp³-hybridized carbons (Fsp3) is 0.538. The van der Waals surface area contributed by atoms with E-state index in [0.29, 0.717) is 11.7 Å². The molecule has 1 nitrogen and oxygen atoms in total. The topological polar surface area (TPSA) is 9.23 Å². The molecule has 0 heterocycles. The van der Waals surface area contributed by atoms with Crippen LogP contribution in [0.4, 0.5) is 4.39 Å². The lowest BCUT2D eigenvalue weighted by Crippen LogP contribution is -2.14. The minimum atomic E-state index is -0.281. The Bertz CT molecular complexity index is 367. The van der Waals surface area contributed by atoms with Crippen LogP contribution >= 0.6 is 11.6 Å². The second kappa shape index (κ2) is 5.05. The number of methoxy groups -OCH3 is 1. The molecular formula is C13H16ClFO. The van der Waals surface area contributed by atoms with Crippen molar-refractivity contribution < 1.29 is 9.13 Å². The van der Waals surface area contributed by atoms with Crippen LogP contribution in [0.15, 0.2) is 18.2 Å². The third-order valence-electron chi connectivity index (χ3n) is 3.26. The van der Waals surface area contributed by atoms with Gasteiger partial charge in [-0.2, -0.15) is 0 Å². The van der Waals surface area contributed by atoms with Crippen LogP contribution in [0.25, 0.3) is 0 Å². The maximum absolute atomic E-state index is 13.5. The van der Waals surface area contributed by atoms with Gasteiger partial charge in [-0.05, 0) is 42.9 Å². The summed E-state index contributed by atoms with van der Waals surface area (Å²) in [5.41, 5.74) is 1.05. The van der Waals surface area contributed by atoms with Crippen molar-refractivity contribution in [3.05, 3.63) is 29.6 Å². The number of benzene rings is 1. The molecule has 1 aliphatic rings. The Morgan fingerprint density at radius 1 is 1.38 bits per heavy atom. The van der Waals surface area contributed by atoms with E-state index in [4.69, 9.17) is 16.3 Å². The summed E-state index contributed by atoms with van der Waals surface area (Å²) < 4.78 is 18.5. The average molecular weight is 243 g/mol. The fourth-order valence-corrected chi connectivity index (χ4v) is 2.74. The van der Waals surface area contributed by atoms with Gasteiger partial charge in [-0.25, -0.2) is 4.39 Å². The Morgan fingerprint density at radius 2 is 2.19 bits per heavy atom. The van der Waals surface area contributed by atoms with Crippen molar-refractivity contribution in [2.75, 3.05) is 7.11 Å². The zero-order valence-electron chi connectivity index (χ0n) is 9.38. The Labute approximate surface area is 101 Å². The molecule has 0 bridgehead atoms. The largest absolute Gasteiger partial charge is 0.494 e. The zero-order valence-corrected chi connectivity index (χ0v) is 10.1. The summed E-state index contributed by atoms with van der Waals surface area (Å²) >= 11 is 6.14. The molecule has 0 aromatic heterocycles. The van der Waals surface area contributed by atoms with Gasteiger partial charge in [0.25, 0.3) is 0 Å². The molecule has 3 heteroatoms. The summed E-state index contributed by atoms with van der Waals surface area (Å²) in [6.45, 7) is 0. The van der Waals surface area contributed by atoms with Crippen molar-refractivity contribution in [3.63, 3.8) is 0 Å². The molecule has 1 fully saturated rings. The number of halogens is 2. The lowest BCUT2D eigenvalue weighted by atomic mass is 9.84. The van der Waals surface area contributed by atoms with E-state index in [1.54, 1.807) is 12.1 Å². The van der Waals surface area contributed by atoms with E-state index >= 15 is 0 Å². The van der Waals surface area contributed by atoms with Crippen LogP contribution in [0.1, 0.15) is 37.2 Å². The summed E-state index contributed by atoms with van der Waals surface area (Å²) in [4.78, 5) is 0. The summed E-state index contributed by atoms with van der Waals surface area (Å²) in [6, 6.07) is 5.22. The maximum Gasteiger partial charge on any atom is 0.165 e. The van der Waals surface area contributed by atoms with Crippen molar-refractivity contribution in [2.45, 2.75) is 37.0 Å². The molecule has 0 spiro atoms. The average Bonchev–Trinajstić information content (AvgIpc) is 2.29. The van der Waals surface area contributed by atoms with E-state index < -0.39 is 0 Å². The molecule has 1 aromatic rings. The van der Waals surface area contributed by atoms with Crippen LogP contribution < -0.4 is 4.74 Å². The van der Waals surface area contributed by atoms with Crippen LogP contribution in [0.5, 0.6) is 5.75 Å². The highest BCUT2D eigenvalue weighted by atomic mass is 35.5. The first-order valence-corrected chi connectivity index (χ1v) is 6.12. The van der Waals surface area contributed by atoms with Crippen LogP contribution in [-0.4, -0.2) is 12.5 Å². The highest BCUT2D eigenvalue weighted by molar-refractivity contribution is 6.20. The van der Waals surface area contributed by atoms with Gasteiger partial charge < -0.3 is 4.74 Å². The Balaban J connectivity index is 2.17. The van der Waals surface area contributed by atoms with Crippen LogP contribution in [0.2, 0.25) is 0 Å².